The van der Waals surface area contributed by atoms with Crippen molar-refractivity contribution in [3.05, 3.63) is 35.4 Å². The molecule has 0 bridgehead atoms. The SMILES string of the molecule is CCOC1CCN(C(=NC)NCc2ccc(CN3CCCCCC3)cc2)CC1.I. The summed E-state index contributed by atoms with van der Waals surface area (Å²) >= 11 is 0. The van der Waals surface area contributed by atoms with Gasteiger partial charge in [0, 0.05) is 39.8 Å². The number of likely N-dealkylation sites (tertiary alicyclic amines) is 2. The van der Waals surface area contributed by atoms with Crippen LogP contribution in [0.2, 0.25) is 0 Å². The van der Waals surface area contributed by atoms with Gasteiger partial charge >= 0.3 is 0 Å². The standard InChI is InChI=1S/C23H38N4O.HI/c1-3-28-22-12-16-27(17-13-22)23(24-2)25-18-20-8-10-21(11-9-20)19-26-14-6-4-5-7-15-26;/h8-11,22H,3-7,12-19H2,1-2H3,(H,24,25);1H. The predicted molar refractivity (Wildman–Crippen MR) is 132 cm³/mol. The number of guanidine groups is 1. The Kier molecular flexibility index (Phi) is 11.3. The molecule has 0 amide bonds. The van der Waals surface area contributed by atoms with E-state index in [1.54, 1.807) is 0 Å². The first-order chi connectivity index (χ1) is 13.8. The van der Waals surface area contributed by atoms with Crippen LogP contribution in [0, 0.1) is 0 Å². The Morgan fingerprint density at radius 2 is 1.62 bits per heavy atom. The van der Waals surface area contributed by atoms with Crippen molar-refractivity contribution in [2.45, 2.75) is 64.6 Å². The fraction of sp³-hybridized carbons (Fsp3) is 0.696. The van der Waals surface area contributed by atoms with Crippen molar-refractivity contribution in [3.8, 4) is 0 Å². The van der Waals surface area contributed by atoms with Crippen LogP contribution in [-0.4, -0.2) is 61.7 Å². The second-order valence-corrected chi connectivity index (χ2v) is 8.05. The minimum atomic E-state index is 0. The number of nitrogens with zero attached hydrogens (tertiary/aromatic N) is 3. The maximum absolute atomic E-state index is 5.76. The highest BCUT2D eigenvalue weighted by atomic mass is 127. The summed E-state index contributed by atoms with van der Waals surface area (Å²) in [6.07, 6.45) is 8.07. The maximum Gasteiger partial charge on any atom is 0.193 e. The van der Waals surface area contributed by atoms with E-state index in [-0.39, 0.29) is 24.0 Å². The average molecular weight is 514 g/mol. The van der Waals surface area contributed by atoms with E-state index in [2.05, 4.69) is 51.3 Å². The molecule has 2 heterocycles. The van der Waals surface area contributed by atoms with E-state index in [0.29, 0.717) is 6.10 Å². The van der Waals surface area contributed by atoms with Crippen LogP contribution >= 0.6 is 24.0 Å². The Hall–Kier alpha value is -0.860. The summed E-state index contributed by atoms with van der Waals surface area (Å²) in [5.41, 5.74) is 2.73. The Balaban J connectivity index is 0.00000300. The number of aliphatic imine (C=N–C) groups is 1. The van der Waals surface area contributed by atoms with Gasteiger partial charge < -0.3 is 15.0 Å². The van der Waals surface area contributed by atoms with Crippen molar-refractivity contribution in [1.29, 1.82) is 0 Å². The van der Waals surface area contributed by atoms with Gasteiger partial charge in [-0.3, -0.25) is 9.89 Å². The molecule has 1 aromatic rings. The first kappa shape index (κ1) is 24.4. The average Bonchev–Trinajstić information content (AvgIpc) is 3.00. The van der Waals surface area contributed by atoms with Crippen molar-refractivity contribution in [1.82, 2.24) is 15.1 Å². The predicted octanol–water partition coefficient (Wildman–Crippen LogP) is 4.26. The third-order valence-electron chi connectivity index (χ3n) is 5.93. The monoisotopic (exact) mass is 514 g/mol. The van der Waals surface area contributed by atoms with Crippen LogP contribution in [0.5, 0.6) is 0 Å². The molecule has 29 heavy (non-hydrogen) atoms. The van der Waals surface area contributed by atoms with Gasteiger partial charge in [-0.2, -0.15) is 0 Å². The molecule has 6 heteroatoms. The third kappa shape index (κ3) is 8.06. The Morgan fingerprint density at radius 1 is 1.00 bits per heavy atom. The van der Waals surface area contributed by atoms with E-state index in [1.165, 1.54) is 49.9 Å². The van der Waals surface area contributed by atoms with E-state index in [4.69, 9.17) is 4.74 Å². The summed E-state index contributed by atoms with van der Waals surface area (Å²) in [4.78, 5) is 9.44. The molecule has 0 unspecified atom stereocenters. The van der Waals surface area contributed by atoms with Gasteiger partial charge in [0.15, 0.2) is 5.96 Å². The molecule has 0 saturated carbocycles. The minimum absolute atomic E-state index is 0. The maximum atomic E-state index is 5.76. The van der Waals surface area contributed by atoms with Crippen LogP contribution < -0.4 is 5.32 Å². The zero-order chi connectivity index (χ0) is 19.6. The molecule has 164 valence electrons. The molecular weight excluding hydrogens is 475 g/mol. The molecule has 2 saturated heterocycles. The van der Waals surface area contributed by atoms with Gasteiger partial charge in [0.05, 0.1) is 6.10 Å². The zero-order valence-electron chi connectivity index (χ0n) is 18.2. The fourth-order valence-corrected chi connectivity index (χ4v) is 4.30. The van der Waals surface area contributed by atoms with Crippen molar-refractivity contribution >= 4 is 29.9 Å². The van der Waals surface area contributed by atoms with E-state index in [1.807, 2.05) is 7.05 Å². The third-order valence-corrected chi connectivity index (χ3v) is 5.93. The van der Waals surface area contributed by atoms with E-state index in [0.717, 1.165) is 51.6 Å². The molecule has 0 atom stereocenters. The van der Waals surface area contributed by atoms with E-state index >= 15 is 0 Å². The summed E-state index contributed by atoms with van der Waals surface area (Å²) in [6.45, 7) is 9.32. The lowest BCUT2D eigenvalue weighted by Gasteiger charge is -2.34. The summed E-state index contributed by atoms with van der Waals surface area (Å²) in [5.74, 6) is 1.00. The Labute approximate surface area is 194 Å². The van der Waals surface area contributed by atoms with Gasteiger partial charge in [-0.1, -0.05) is 37.1 Å². The largest absolute Gasteiger partial charge is 0.378 e. The number of hydrogen-bond acceptors (Lipinski definition) is 3. The molecule has 1 aromatic carbocycles. The molecule has 2 aliphatic heterocycles. The fourth-order valence-electron chi connectivity index (χ4n) is 4.30. The highest BCUT2D eigenvalue weighted by Crippen LogP contribution is 2.15. The second-order valence-electron chi connectivity index (χ2n) is 8.05. The van der Waals surface area contributed by atoms with Crippen molar-refractivity contribution in [2.24, 2.45) is 4.99 Å². The van der Waals surface area contributed by atoms with Gasteiger partial charge in [0.2, 0.25) is 0 Å². The number of halogens is 1. The van der Waals surface area contributed by atoms with Gasteiger partial charge in [0.25, 0.3) is 0 Å². The molecule has 1 N–H and O–H groups in total. The molecule has 2 aliphatic rings. The van der Waals surface area contributed by atoms with Crippen molar-refractivity contribution < 1.29 is 4.74 Å². The van der Waals surface area contributed by atoms with Gasteiger partial charge in [-0.05, 0) is 56.8 Å². The number of nitrogens with one attached hydrogen (secondary N) is 1. The van der Waals surface area contributed by atoms with Crippen LogP contribution in [0.3, 0.4) is 0 Å². The number of hydrogen-bond donors (Lipinski definition) is 1. The number of rotatable bonds is 6. The first-order valence-corrected chi connectivity index (χ1v) is 11.2. The summed E-state index contributed by atoms with van der Waals surface area (Å²) in [5, 5.41) is 3.54. The molecule has 0 spiro atoms. The molecule has 3 rings (SSSR count). The van der Waals surface area contributed by atoms with Crippen molar-refractivity contribution in [3.63, 3.8) is 0 Å². The topological polar surface area (TPSA) is 40.1 Å². The summed E-state index contributed by atoms with van der Waals surface area (Å²) in [6, 6.07) is 9.10. The van der Waals surface area contributed by atoms with Crippen LogP contribution in [0.4, 0.5) is 0 Å². The number of ether oxygens (including phenoxy) is 1. The van der Waals surface area contributed by atoms with Crippen molar-refractivity contribution in [2.75, 3.05) is 39.8 Å². The van der Waals surface area contributed by atoms with Crippen LogP contribution in [0.15, 0.2) is 29.3 Å². The molecular formula is C23H39IN4O. The van der Waals surface area contributed by atoms with E-state index < -0.39 is 0 Å². The molecule has 2 fully saturated rings. The van der Waals surface area contributed by atoms with Gasteiger partial charge in [0.1, 0.15) is 0 Å². The lowest BCUT2D eigenvalue weighted by molar-refractivity contribution is 0.0263. The second kappa shape index (κ2) is 13.4. The molecule has 5 nitrogen and oxygen atoms in total. The van der Waals surface area contributed by atoms with Crippen LogP contribution in [0.1, 0.15) is 56.6 Å². The lowest BCUT2D eigenvalue weighted by Crippen LogP contribution is -2.46. The summed E-state index contributed by atoms with van der Waals surface area (Å²) < 4.78 is 5.76. The number of benzene rings is 1. The zero-order valence-corrected chi connectivity index (χ0v) is 20.6. The first-order valence-electron chi connectivity index (χ1n) is 11.2. The quantitative estimate of drug-likeness (QED) is 0.350. The van der Waals surface area contributed by atoms with Gasteiger partial charge in [-0.15, -0.1) is 24.0 Å². The minimum Gasteiger partial charge on any atom is -0.378 e. The highest BCUT2D eigenvalue weighted by molar-refractivity contribution is 14.0. The normalized spacial score (nSPS) is 19.5. The van der Waals surface area contributed by atoms with Crippen LogP contribution in [0.25, 0.3) is 0 Å². The smallest absolute Gasteiger partial charge is 0.193 e. The molecule has 0 aliphatic carbocycles. The highest BCUT2D eigenvalue weighted by Gasteiger charge is 2.21. The van der Waals surface area contributed by atoms with Gasteiger partial charge in [-0.25, -0.2) is 0 Å². The van der Waals surface area contributed by atoms with E-state index in [9.17, 15) is 0 Å². The summed E-state index contributed by atoms with van der Waals surface area (Å²) in [7, 11) is 1.88. The lowest BCUT2D eigenvalue weighted by atomic mass is 10.1. The van der Waals surface area contributed by atoms with Crippen LogP contribution in [-0.2, 0) is 17.8 Å². The number of piperidine rings is 1. The molecule has 0 aromatic heterocycles. The Morgan fingerprint density at radius 3 is 2.21 bits per heavy atom. The molecule has 0 radical (unpaired) electrons. The Bertz CT molecular complexity index is 591.